The van der Waals surface area contributed by atoms with Crippen LogP contribution in [0.25, 0.3) is 0 Å². The molecule has 0 unspecified atom stereocenters. The minimum Gasteiger partial charge on any atom is -0.406 e. The van der Waals surface area contributed by atoms with Crippen molar-refractivity contribution in [2.24, 2.45) is 0 Å². The third-order valence-electron chi connectivity index (χ3n) is 5.15. The number of alkyl halides is 3. The highest BCUT2D eigenvalue weighted by Crippen LogP contribution is 2.40. The topological polar surface area (TPSA) is 66.9 Å². The molecule has 1 fully saturated rings. The van der Waals surface area contributed by atoms with Gasteiger partial charge in [-0.15, -0.1) is 13.2 Å². The van der Waals surface area contributed by atoms with E-state index in [9.17, 15) is 26.4 Å². The Morgan fingerprint density at radius 3 is 2.23 bits per heavy atom. The second kappa shape index (κ2) is 7.92. The van der Waals surface area contributed by atoms with E-state index in [4.69, 9.17) is 0 Å². The number of benzene rings is 2. The number of ether oxygens (including phenoxy) is 1. The van der Waals surface area contributed by atoms with Crippen molar-refractivity contribution < 1.29 is 31.1 Å². The van der Waals surface area contributed by atoms with E-state index in [-0.39, 0.29) is 9.80 Å². The van der Waals surface area contributed by atoms with Crippen LogP contribution < -0.4 is 9.64 Å². The Bertz CT molecular complexity index is 1120. The summed E-state index contributed by atoms with van der Waals surface area (Å²) >= 11 is 0. The third kappa shape index (κ3) is 4.25. The summed E-state index contributed by atoms with van der Waals surface area (Å²) in [6, 6.07) is 11.2. The van der Waals surface area contributed by atoms with E-state index in [0.717, 1.165) is 31.4 Å². The molecule has 4 rings (SSSR count). The van der Waals surface area contributed by atoms with E-state index < -0.39 is 27.9 Å². The van der Waals surface area contributed by atoms with Crippen LogP contribution in [0.1, 0.15) is 19.3 Å². The maximum Gasteiger partial charge on any atom is 0.573 e. The van der Waals surface area contributed by atoms with Gasteiger partial charge in [-0.25, -0.2) is 8.42 Å². The zero-order valence-corrected chi connectivity index (χ0v) is 17.1. The molecule has 0 aromatic heterocycles. The summed E-state index contributed by atoms with van der Waals surface area (Å²) in [5.74, 6) is -0.973. The van der Waals surface area contributed by atoms with E-state index in [2.05, 4.69) is 4.74 Å². The Kier molecular flexibility index (Phi) is 5.42. The fraction of sp³-hybridized carbons (Fsp3) is 0.286. The van der Waals surface area contributed by atoms with Crippen LogP contribution in [0.2, 0.25) is 0 Å². The number of nitrogens with zero attached hydrogens (tertiary/aromatic N) is 2. The minimum absolute atomic E-state index is 0.0338. The number of halogens is 3. The van der Waals surface area contributed by atoms with Crippen LogP contribution >= 0.6 is 0 Å². The number of rotatable bonds is 3. The zero-order valence-electron chi connectivity index (χ0n) is 16.3. The molecule has 1 saturated heterocycles. The molecule has 164 valence electrons. The molecular formula is C21H19F3N2O4S. The zero-order chi connectivity index (χ0) is 22.2. The number of hydrogen-bond donors (Lipinski definition) is 0. The lowest BCUT2D eigenvalue weighted by Crippen LogP contribution is -2.39. The highest BCUT2D eigenvalue weighted by Gasteiger charge is 2.38. The Balaban J connectivity index is 1.76. The van der Waals surface area contributed by atoms with Crippen molar-refractivity contribution in [3.63, 3.8) is 0 Å². The number of para-hydroxylation sites is 1. The molecular weight excluding hydrogens is 433 g/mol. The number of likely N-dealkylation sites (tertiary alicyclic amines) is 1. The molecule has 31 heavy (non-hydrogen) atoms. The van der Waals surface area contributed by atoms with Gasteiger partial charge < -0.3 is 14.5 Å². The molecule has 2 aromatic carbocycles. The number of hydrogen-bond acceptors (Lipinski definition) is 5. The second-order valence-electron chi connectivity index (χ2n) is 7.23. The van der Waals surface area contributed by atoms with Gasteiger partial charge in [-0.3, -0.25) is 4.79 Å². The minimum atomic E-state index is -4.82. The number of fused-ring (bicyclic) bond motifs is 1. The number of sulfone groups is 1. The average molecular weight is 452 g/mol. The van der Waals surface area contributed by atoms with Gasteiger partial charge in [0, 0.05) is 25.0 Å². The molecule has 0 saturated carbocycles. The summed E-state index contributed by atoms with van der Waals surface area (Å²) in [5, 5.41) is 0. The van der Waals surface area contributed by atoms with E-state index in [1.165, 1.54) is 34.2 Å². The number of carbonyl (C=O) groups excluding carboxylic acids is 1. The Labute approximate surface area is 177 Å². The largest absolute Gasteiger partial charge is 0.573 e. The number of carbonyl (C=O) groups is 1. The van der Waals surface area contributed by atoms with Crippen LogP contribution in [-0.2, 0) is 14.6 Å². The van der Waals surface area contributed by atoms with Gasteiger partial charge in [-0.05, 0) is 55.7 Å². The SMILES string of the molecule is O=C(C1=CN(c2ccc(OC(F)(F)F)cc2)c2ccccc2S1(=O)=O)N1CCCCC1. The lowest BCUT2D eigenvalue weighted by Gasteiger charge is -2.32. The molecule has 6 nitrogen and oxygen atoms in total. The smallest absolute Gasteiger partial charge is 0.406 e. The standard InChI is InChI=1S/C21H19F3N2O4S/c22-21(23,24)30-16-10-8-15(9-11-16)26-14-19(20(27)25-12-4-1-5-13-25)31(28,29)18-7-3-2-6-17(18)26/h2-3,6-11,14H,1,4-5,12-13H2. The first-order chi connectivity index (χ1) is 14.7. The molecule has 0 radical (unpaired) electrons. The average Bonchev–Trinajstić information content (AvgIpc) is 2.74. The quantitative estimate of drug-likeness (QED) is 0.692. The fourth-order valence-electron chi connectivity index (χ4n) is 3.70. The van der Waals surface area contributed by atoms with Gasteiger partial charge in [0.25, 0.3) is 5.91 Å². The lowest BCUT2D eigenvalue weighted by molar-refractivity contribution is -0.274. The Hall–Kier alpha value is -3.01. The predicted molar refractivity (Wildman–Crippen MR) is 107 cm³/mol. The van der Waals surface area contributed by atoms with Gasteiger partial charge >= 0.3 is 6.36 Å². The van der Waals surface area contributed by atoms with Gasteiger partial charge in [0.1, 0.15) is 5.75 Å². The Morgan fingerprint density at radius 1 is 0.935 bits per heavy atom. The third-order valence-corrected chi connectivity index (χ3v) is 6.94. The number of piperidine rings is 1. The van der Waals surface area contributed by atoms with Crippen molar-refractivity contribution in [1.82, 2.24) is 4.90 Å². The molecule has 0 bridgehead atoms. The van der Waals surface area contributed by atoms with Gasteiger partial charge in [0.15, 0.2) is 4.91 Å². The van der Waals surface area contributed by atoms with E-state index in [1.807, 2.05) is 0 Å². The van der Waals surface area contributed by atoms with Crippen molar-refractivity contribution in [3.8, 4) is 5.75 Å². The molecule has 2 aliphatic heterocycles. The van der Waals surface area contributed by atoms with E-state index >= 15 is 0 Å². The van der Waals surface area contributed by atoms with Crippen molar-refractivity contribution in [2.75, 3.05) is 18.0 Å². The maximum absolute atomic E-state index is 13.2. The Morgan fingerprint density at radius 2 is 1.58 bits per heavy atom. The normalized spacial score (nSPS) is 18.2. The molecule has 1 amide bonds. The second-order valence-corrected chi connectivity index (χ2v) is 9.12. The predicted octanol–water partition coefficient (Wildman–Crippen LogP) is 4.36. The van der Waals surface area contributed by atoms with Gasteiger partial charge in [-0.2, -0.15) is 0 Å². The molecule has 0 aliphatic carbocycles. The van der Waals surface area contributed by atoms with Crippen LogP contribution in [0.4, 0.5) is 24.5 Å². The first-order valence-electron chi connectivity index (χ1n) is 9.67. The number of amides is 1. The molecule has 2 aromatic rings. The van der Waals surface area contributed by atoms with Crippen LogP contribution in [0, 0.1) is 0 Å². The van der Waals surface area contributed by atoms with Gasteiger partial charge in [0.05, 0.1) is 10.6 Å². The summed E-state index contributed by atoms with van der Waals surface area (Å²) in [7, 11) is -4.05. The van der Waals surface area contributed by atoms with E-state index in [1.54, 1.807) is 18.2 Å². The number of anilines is 2. The van der Waals surface area contributed by atoms with Crippen molar-refractivity contribution in [1.29, 1.82) is 0 Å². The van der Waals surface area contributed by atoms with Gasteiger partial charge in [0.2, 0.25) is 9.84 Å². The summed E-state index contributed by atoms with van der Waals surface area (Å²) in [6.45, 7) is 0.966. The molecule has 2 aliphatic rings. The maximum atomic E-state index is 13.2. The van der Waals surface area contributed by atoms with Crippen molar-refractivity contribution in [3.05, 3.63) is 59.6 Å². The first kappa shape index (κ1) is 21.2. The molecule has 0 spiro atoms. The fourth-order valence-corrected chi connectivity index (χ4v) is 5.24. The molecule has 10 heteroatoms. The molecule has 2 heterocycles. The summed E-state index contributed by atoms with van der Waals surface area (Å²) in [5.41, 5.74) is 0.697. The van der Waals surface area contributed by atoms with Crippen LogP contribution in [0.15, 0.2) is 64.5 Å². The summed E-state index contributed by atoms with van der Waals surface area (Å²) in [4.78, 5) is 15.7. The highest BCUT2D eigenvalue weighted by molar-refractivity contribution is 7.96. The van der Waals surface area contributed by atoms with Crippen molar-refractivity contribution in [2.45, 2.75) is 30.5 Å². The molecule has 0 atom stereocenters. The first-order valence-corrected chi connectivity index (χ1v) is 11.2. The lowest BCUT2D eigenvalue weighted by atomic mass is 10.1. The van der Waals surface area contributed by atoms with Gasteiger partial charge in [-0.1, -0.05) is 12.1 Å². The molecule has 0 N–H and O–H groups in total. The summed E-state index contributed by atoms with van der Waals surface area (Å²) in [6.07, 6.45) is -0.980. The highest BCUT2D eigenvalue weighted by atomic mass is 32.2. The van der Waals surface area contributed by atoms with Crippen LogP contribution in [-0.4, -0.2) is 38.7 Å². The van der Waals surface area contributed by atoms with Crippen molar-refractivity contribution >= 4 is 27.1 Å². The summed E-state index contributed by atoms with van der Waals surface area (Å²) < 4.78 is 67.6. The van der Waals surface area contributed by atoms with E-state index in [0.29, 0.717) is 24.5 Å². The van der Waals surface area contributed by atoms with Crippen LogP contribution in [0.5, 0.6) is 5.75 Å². The van der Waals surface area contributed by atoms with Crippen LogP contribution in [0.3, 0.4) is 0 Å². The monoisotopic (exact) mass is 452 g/mol.